The number of ether oxygens (including phenoxy) is 2. The lowest BCUT2D eigenvalue weighted by atomic mass is 9.96. The maximum absolute atomic E-state index is 9.49. The van der Waals surface area contributed by atoms with Crippen molar-refractivity contribution in [1.29, 1.82) is 5.26 Å². The van der Waals surface area contributed by atoms with Crippen LogP contribution in [0.3, 0.4) is 0 Å². The lowest BCUT2D eigenvalue weighted by Gasteiger charge is -2.16. The molecule has 1 aromatic heterocycles. The van der Waals surface area contributed by atoms with Gasteiger partial charge in [0.15, 0.2) is 0 Å². The minimum absolute atomic E-state index is 0.00307. The zero-order chi connectivity index (χ0) is 27.6. The summed E-state index contributed by atoms with van der Waals surface area (Å²) in [6, 6.07) is 21.5. The van der Waals surface area contributed by atoms with Crippen LogP contribution in [0.5, 0.6) is 11.5 Å². The molecule has 198 valence electrons. The van der Waals surface area contributed by atoms with Gasteiger partial charge in [0.05, 0.1) is 23.8 Å². The van der Waals surface area contributed by atoms with Crippen molar-refractivity contribution in [2.75, 3.05) is 6.61 Å². The molecule has 0 aliphatic heterocycles. The van der Waals surface area contributed by atoms with Gasteiger partial charge in [-0.15, -0.1) is 0 Å². The van der Waals surface area contributed by atoms with Crippen LogP contribution in [0.1, 0.15) is 41.7 Å². The normalized spacial score (nSPS) is 11.5. The summed E-state index contributed by atoms with van der Waals surface area (Å²) in [5.74, 6) is 1.97. The van der Waals surface area contributed by atoms with Crippen LogP contribution in [0.15, 0.2) is 91.3 Å². The molecule has 4 rings (SSSR count). The SMILES string of the molecule is C/C=C\C(=C/C)c1cccc(COc2ccc(-c3nccn3CCO)c(OCc3cccc(C#N)c3)c2)c1C. The molecule has 4 aromatic rings. The monoisotopic (exact) mass is 519 g/mol. The average Bonchev–Trinajstić information content (AvgIpc) is 3.42. The summed E-state index contributed by atoms with van der Waals surface area (Å²) in [4.78, 5) is 4.51. The predicted molar refractivity (Wildman–Crippen MR) is 154 cm³/mol. The van der Waals surface area contributed by atoms with Gasteiger partial charge in [-0.3, -0.25) is 0 Å². The van der Waals surface area contributed by atoms with Gasteiger partial charge in [-0.1, -0.05) is 48.6 Å². The summed E-state index contributed by atoms with van der Waals surface area (Å²) in [6.07, 6.45) is 9.81. The van der Waals surface area contributed by atoms with Crippen molar-refractivity contribution >= 4 is 5.57 Å². The van der Waals surface area contributed by atoms with E-state index in [1.165, 1.54) is 16.7 Å². The van der Waals surface area contributed by atoms with Crippen LogP contribution >= 0.6 is 0 Å². The molecule has 0 bridgehead atoms. The van der Waals surface area contributed by atoms with Gasteiger partial charge < -0.3 is 19.1 Å². The fourth-order valence-corrected chi connectivity index (χ4v) is 4.46. The van der Waals surface area contributed by atoms with Gasteiger partial charge in [0.25, 0.3) is 0 Å². The zero-order valence-electron chi connectivity index (χ0n) is 22.6. The molecule has 1 heterocycles. The number of benzene rings is 3. The van der Waals surface area contributed by atoms with Gasteiger partial charge >= 0.3 is 0 Å². The topological polar surface area (TPSA) is 80.3 Å². The van der Waals surface area contributed by atoms with Gasteiger partial charge in [-0.25, -0.2) is 4.98 Å². The smallest absolute Gasteiger partial charge is 0.143 e. The molecule has 0 spiro atoms. The molecule has 0 atom stereocenters. The molecule has 0 unspecified atom stereocenters. The first-order chi connectivity index (χ1) is 19.1. The van der Waals surface area contributed by atoms with E-state index in [1.54, 1.807) is 12.3 Å². The second-order valence-corrected chi connectivity index (χ2v) is 9.05. The Morgan fingerprint density at radius 1 is 1.05 bits per heavy atom. The van der Waals surface area contributed by atoms with Gasteiger partial charge in [0.2, 0.25) is 0 Å². The summed E-state index contributed by atoms with van der Waals surface area (Å²) in [6.45, 7) is 7.31. The summed E-state index contributed by atoms with van der Waals surface area (Å²) < 4.78 is 14.4. The highest BCUT2D eigenvalue weighted by Crippen LogP contribution is 2.34. The van der Waals surface area contributed by atoms with Crippen LogP contribution in [0, 0.1) is 18.3 Å². The molecule has 1 N–H and O–H groups in total. The molecule has 0 saturated carbocycles. The Balaban J connectivity index is 1.62. The maximum Gasteiger partial charge on any atom is 0.143 e. The summed E-state index contributed by atoms with van der Waals surface area (Å²) in [5, 5.41) is 18.7. The molecular weight excluding hydrogens is 486 g/mol. The first kappa shape index (κ1) is 27.4. The number of hydrogen-bond donors (Lipinski definition) is 1. The van der Waals surface area contributed by atoms with E-state index in [0.717, 1.165) is 16.7 Å². The largest absolute Gasteiger partial charge is 0.489 e. The van der Waals surface area contributed by atoms with Gasteiger partial charge in [0.1, 0.15) is 30.5 Å². The quantitative estimate of drug-likeness (QED) is 0.219. The summed E-state index contributed by atoms with van der Waals surface area (Å²) in [7, 11) is 0. The van der Waals surface area contributed by atoms with E-state index in [9.17, 15) is 10.4 Å². The van der Waals surface area contributed by atoms with Crippen LogP contribution in [-0.2, 0) is 19.8 Å². The van der Waals surface area contributed by atoms with Crippen molar-refractivity contribution in [1.82, 2.24) is 9.55 Å². The van der Waals surface area contributed by atoms with Crippen molar-refractivity contribution in [3.8, 4) is 29.0 Å². The first-order valence-electron chi connectivity index (χ1n) is 13.0. The van der Waals surface area contributed by atoms with Crippen molar-refractivity contribution in [3.05, 3.63) is 119 Å². The van der Waals surface area contributed by atoms with Crippen LogP contribution < -0.4 is 9.47 Å². The van der Waals surface area contributed by atoms with E-state index in [4.69, 9.17) is 9.47 Å². The number of aliphatic hydroxyl groups excluding tert-OH is 1. The number of allylic oxidation sites excluding steroid dienone is 4. The molecule has 0 saturated heterocycles. The standard InChI is InChI=1S/C33H33N3O3/c1-4-8-27(5-2)30-12-7-11-28(24(30)3)23-38-29-13-14-31(33-35-15-16-36(33)17-18-37)32(20-29)39-22-26-10-6-9-25(19-26)21-34/h4-16,19-20,37H,17-18,22-23H2,1-3H3/b8-4-,27-5+. The molecule has 3 aromatic carbocycles. The third-order valence-corrected chi connectivity index (χ3v) is 6.51. The van der Waals surface area contributed by atoms with Crippen molar-refractivity contribution in [2.45, 2.75) is 40.5 Å². The number of aliphatic hydroxyl groups is 1. The van der Waals surface area contributed by atoms with Crippen LogP contribution in [0.2, 0.25) is 0 Å². The Hall–Kier alpha value is -4.60. The molecule has 0 radical (unpaired) electrons. The van der Waals surface area contributed by atoms with Crippen LogP contribution in [0.25, 0.3) is 17.0 Å². The highest BCUT2D eigenvalue weighted by molar-refractivity contribution is 5.76. The molecule has 39 heavy (non-hydrogen) atoms. The molecule has 6 nitrogen and oxygen atoms in total. The molecule has 0 aliphatic carbocycles. The fraction of sp³-hybridized carbons (Fsp3) is 0.212. The minimum Gasteiger partial charge on any atom is -0.489 e. The number of nitriles is 1. The zero-order valence-corrected chi connectivity index (χ0v) is 22.6. The van der Waals surface area contributed by atoms with Crippen LogP contribution in [-0.4, -0.2) is 21.3 Å². The highest BCUT2D eigenvalue weighted by Gasteiger charge is 2.15. The van der Waals surface area contributed by atoms with Gasteiger partial charge in [-0.2, -0.15) is 5.26 Å². The second-order valence-electron chi connectivity index (χ2n) is 9.05. The lowest BCUT2D eigenvalue weighted by molar-refractivity contribution is 0.276. The van der Waals surface area contributed by atoms with Crippen molar-refractivity contribution in [2.24, 2.45) is 0 Å². The van der Waals surface area contributed by atoms with Crippen molar-refractivity contribution < 1.29 is 14.6 Å². The molecule has 6 heteroatoms. The first-order valence-corrected chi connectivity index (χ1v) is 13.0. The van der Waals surface area contributed by atoms with Crippen LogP contribution in [0.4, 0.5) is 0 Å². The Morgan fingerprint density at radius 3 is 2.67 bits per heavy atom. The summed E-state index contributed by atoms with van der Waals surface area (Å²) in [5.41, 5.74) is 6.91. The van der Waals surface area contributed by atoms with E-state index in [0.29, 0.717) is 36.0 Å². The minimum atomic E-state index is 0.00307. The Kier molecular flexibility index (Phi) is 9.34. The molecular formula is C33H33N3O3. The van der Waals surface area contributed by atoms with Gasteiger partial charge in [0, 0.05) is 25.0 Å². The van der Waals surface area contributed by atoms with Crippen molar-refractivity contribution in [3.63, 3.8) is 0 Å². The number of imidazole rings is 1. The Labute approximate surface area is 230 Å². The average molecular weight is 520 g/mol. The Morgan fingerprint density at radius 2 is 1.90 bits per heavy atom. The van der Waals surface area contributed by atoms with Gasteiger partial charge in [-0.05, 0) is 72.9 Å². The predicted octanol–water partition coefficient (Wildman–Crippen LogP) is 6.86. The number of rotatable bonds is 11. The second kappa shape index (κ2) is 13.3. The number of aromatic nitrogens is 2. The third-order valence-electron chi connectivity index (χ3n) is 6.51. The fourth-order valence-electron chi connectivity index (χ4n) is 4.46. The van der Waals surface area contributed by atoms with E-state index in [2.05, 4.69) is 48.3 Å². The third kappa shape index (κ3) is 6.64. The molecule has 0 fully saturated rings. The maximum atomic E-state index is 9.49. The highest BCUT2D eigenvalue weighted by atomic mass is 16.5. The summed E-state index contributed by atoms with van der Waals surface area (Å²) >= 11 is 0. The van der Waals surface area contributed by atoms with E-state index >= 15 is 0 Å². The number of nitrogens with zero attached hydrogens (tertiary/aromatic N) is 3. The van der Waals surface area contributed by atoms with E-state index < -0.39 is 0 Å². The lowest BCUT2D eigenvalue weighted by Crippen LogP contribution is -2.05. The molecule has 0 amide bonds. The van der Waals surface area contributed by atoms with E-state index in [1.807, 2.05) is 67.1 Å². The number of hydrogen-bond acceptors (Lipinski definition) is 5. The molecule has 0 aliphatic rings. The Bertz CT molecular complexity index is 1530. The van der Waals surface area contributed by atoms with E-state index in [-0.39, 0.29) is 13.2 Å².